The molecule has 0 unspecified atom stereocenters. The number of fused-ring (bicyclic) bond motifs is 1. The van der Waals surface area contributed by atoms with E-state index in [1.807, 2.05) is 18.3 Å². The molecule has 3 aromatic heterocycles. The van der Waals surface area contributed by atoms with Crippen LogP contribution in [0, 0.1) is 0 Å². The Morgan fingerprint density at radius 2 is 2.00 bits per heavy atom. The summed E-state index contributed by atoms with van der Waals surface area (Å²) in [5.41, 5.74) is 9.46. The number of H-pyrrole nitrogens is 1. The number of aromatic nitrogens is 4. The smallest absolute Gasteiger partial charge is 0.141 e. The zero-order valence-electron chi connectivity index (χ0n) is 9.09. The van der Waals surface area contributed by atoms with Crippen LogP contribution in [-0.4, -0.2) is 19.9 Å². The van der Waals surface area contributed by atoms with Crippen LogP contribution in [0.4, 0.5) is 0 Å². The molecule has 3 aromatic rings. The van der Waals surface area contributed by atoms with Crippen LogP contribution >= 0.6 is 0 Å². The zero-order chi connectivity index (χ0) is 11.7. The average molecular weight is 225 g/mol. The van der Waals surface area contributed by atoms with E-state index in [9.17, 15) is 0 Å². The quantitative estimate of drug-likeness (QED) is 0.692. The molecule has 0 amide bonds. The van der Waals surface area contributed by atoms with Crippen LogP contribution in [0.1, 0.15) is 5.56 Å². The van der Waals surface area contributed by atoms with Crippen molar-refractivity contribution in [2.45, 2.75) is 6.54 Å². The number of nitrogens with one attached hydrogen (secondary N) is 1. The first kappa shape index (κ1) is 9.92. The predicted octanol–water partition coefficient (Wildman–Crippen LogP) is 1.48. The van der Waals surface area contributed by atoms with Gasteiger partial charge in [-0.15, -0.1) is 0 Å². The first-order valence-corrected chi connectivity index (χ1v) is 5.31. The van der Waals surface area contributed by atoms with Gasteiger partial charge in [-0.1, -0.05) is 0 Å². The second-order valence-corrected chi connectivity index (χ2v) is 3.70. The van der Waals surface area contributed by atoms with Gasteiger partial charge in [0.25, 0.3) is 0 Å². The molecule has 0 atom stereocenters. The minimum atomic E-state index is 0.464. The molecule has 3 heterocycles. The maximum atomic E-state index is 5.72. The van der Waals surface area contributed by atoms with Crippen molar-refractivity contribution in [3.63, 3.8) is 0 Å². The van der Waals surface area contributed by atoms with E-state index < -0.39 is 0 Å². The molecule has 3 N–H and O–H groups in total. The topological polar surface area (TPSA) is 80.5 Å². The van der Waals surface area contributed by atoms with Gasteiger partial charge in [0, 0.05) is 36.1 Å². The highest BCUT2D eigenvalue weighted by atomic mass is 14.9. The highest BCUT2D eigenvalue weighted by Gasteiger charge is 2.11. The van der Waals surface area contributed by atoms with Crippen LogP contribution in [0.25, 0.3) is 22.3 Å². The summed E-state index contributed by atoms with van der Waals surface area (Å²) in [6, 6.07) is 3.85. The van der Waals surface area contributed by atoms with Gasteiger partial charge in [0.2, 0.25) is 0 Å². The molecule has 0 saturated carbocycles. The molecule has 0 saturated heterocycles. The fourth-order valence-electron chi connectivity index (χ4n) is 1.92. The summed E-state index contributed by atoms with van der Waals surface area (Å²) in [6.07, 6.45) is 6.93. The molecule has 0 aliphatic carbocycles. The van der Waals surface area contributed by atoms with E-state index in [1.165, 1.54) is 0 Å². The highest BCUT2D eigenvalue weighted by Crippen LogP contribution is 2.27. The van der Waals surface area contributed by atoms with Crippen LogP contribution in [0.5, 0.6) is 0 Å². The first-order valence-electron chi connectivity index (χ1n) is 5.31. The van der Waals surface area contributed by atoms with Gasteiger partial charge in [-0.2, -0.15) is 0 Å². The van der Waals surface area contributed by atoms with E-state index in [-0.39, 0.29) is 0 Å². The number of hydrogen-bond donors (Lipinski definition) is 2. The molecule has 5 heteroatoms. The molecule has 0 radical (unpaired) electrons. The second kappa shape index (κ2) is 3.95. The van der Waals surface area contributed by atoms with Crippen LogP contribution in [-0.2, 0) is 6.54 Å². The van der Waals surface area contributed by atoms with E-state index in [0.29, 0.717) is 6.54 Å². The minimum absolute atomic E-state index is 0.464. The molecule has 0 aromatic carbocycles. The maximum absolute atomic E-state index is 5.72. The van der Waals surface area contributed by atoms with Gasteiger partial charge in [0.05, 0.1) is 5.69 Å². The van der Waals surface area contributed by atoms with Gasteiger partial charge in [0.15, 0.2) is 0 Å². The third-order valence-electron chi connectivity index (χ3n) is 2.73. The monoisotopic (exact) mass is 225 g/mol. The molecular formula is C12H11N5. The number of rotatable bonds is 2. The molecule has 0 bridgehead atoms. The summed E-state index contributed by atoms with van der Waals surface area (Å²) in [5, 5.41) is 0.987. The number of pyridine rings is 1. The Balaban J connectivity index is 2.33. The molecule has 84 valence electrons. The summed E-state index contributed by atoms with van der Waals surface area (Å²) >= 11 is 0. The fraction of sp³-hybridized carbons (Fsp3) is 0.0833. The predicted molar refractivity (Wildman–Crippen MR) is 65.0 cm³/mol. The molecular weight excluding hydrogens is 214 g/mol. The molecule has 3 rings (SSSR count). The molecule has 0 aliphatic rings. The van der Waals surface area contributed by atoms with Crippen molar-refractivity contribution in [2.75, 3.05) is 0 Å². The van der Waals surface area contributed by atoms with Crippen molar-refractivity contribution < 1.29 is 0 Å². The minimum Gasteiger partial charge on any atom is -0.346 e. The SMILES string of the molecule is NCc1c[nH]c2ncnc(-c3ccncc3)c12. The van der Waals surface area contributed by atoms with Crippen LogP contribution in [0.3, 0.4) is 0 Å². The van der Waals surface area contributed by atoms with Crippen LogP contribution in [0.2, 0.25) is 0 Å². The Morgan fingerprint density at radius 1 is 1.18 bits per heavy atom. The van der Waals surface area contributed by atoms with Gasteiger partial charge in [-0.25, -0.2) is 9.97 Å². The summed E-state index contributed by atoms with van der Waals surface area (Å²) in [5.74, 6) is 0. The van der Waals surface area contributed by atoms with Crippen molar-refractivity contribution in [3.05, 3.63) is 42.6 Å². The van der Waals surface area contributed by atoms with Gasteiger partial charge in [-0.05, 0) is 17.7 Å². The lowest BCUT2D eigenvalue weighted by Crippen LogP contribution is -1.96. The van der Waals surface area contributed by atoms with Crippen molar-refractivity contribution >= 4 is 11.0 Å². The van der Waals surface area contributed by atoms with E-state index in [2.05, 4.69) is 19.9 Å². The summed E-state index contributed by atoms with van der Waals surface area (Å²) in [6.45, 7) is 0.464. The maximum Gasteiger partial charge on any atom is 0.141 e. The van der Waals surface area contributed by atoms with Crippen LogP contribution < -0.4 is 5.73 Å². The van der Waals surface area contributed by atoms with Gasteiger partial charge < -0.3 is 10.7 Å². The number of nitrogens with two attached hydrogens (primary N) is 1. The summed E-state index contributed by atoms with van der Waals surface area (Å²) < 4.78 is 0. The Kier molecular flexibility index (Phi) is 2.31. The van der Waals surface area contributed by atoms with Crippen molar-refractivity contribution in [1.82, 2.24) is 19.9 Å². The molecule has 0 aliphatic heterocycles. The first-order chi connectivity index (χ1) is 8.40. The van der Waals surface area contributed by atoms with E-state index in [1.54, 1.807) is 18.7 Å². The zero-order valence-corrected chi connectivity index (χ0v) is 9.09. The Hall–Kier alpha value is -2.27. The standard InChI is InChI=1S/C12H11N5/c13-5-9-6-15-12-10(9)11(16-7-17-12)8-1-3-14-4-2-8/h1-4,6-7H,5,13H2,(H,15,16,17). The Labute approximate surface area is 97.7 Å². The summed E-state index contributed by atoms with van der Waals surface area (Å²) in [7, 11) is 0. The van der Waals surface area contributed by atoms with Crippen molar-refractivity contribution in [2.24, 2.45) is 5.73 Å². The fourth-order valence-corrected chi connectivity index (χ4v) is 1.92. The second-order valence-electron chi connectivity index (χ2n) is 3.70. The highest BCUT2D eigenvalue weighted by molar-refractivity contribution is 5.93. The van der Waals surface area contributed by atoms with E-state index in [4.69, 9.17) is 5.73 Å². The Bertz CT molecular complexity index is 644. The number of hydrogen-bond acceptors (Lipinski definition) is 4. The van der Waals surface area contributed by atoms with E-state index in [0.717, 1.165) is 27.9 Å². The number of nitrogens with zero attached hydrogens (tertiary/aromatic N) is 3. The third kappa shape index (κ3) is 1.57. The largest absolute Gasteiger partial charge is 0.346 e. The van der Waals surface area contributed by atoms with E-state index >= 15 is 0 Å². The third-order valence-corrected chi connectivity index (χ3v) is 2.73. The molecule has 17 heavy (non-hydrogen) atoms. The Morgan fingerprint density at radius 3 is 2.76 bits per heavy atom. The van der Waals surface area contributed by atoms with Gasteiger partial charge >= 0.3 is 0 Å². The molecule has 0 spiro atoms. The van der Waals surface area contributed by atoms with Crippen molar-refractivity contribution in [1.29, 1.82) is 0 Å². The molecule has 0 fully saturated rings. The normalized spacial score (nSPS) is 10.9. The van der Waals surface area contributed by atoms with Crippen LogP contribution in [0.15, 0.2) is 37.1 Å². The summed E-state index contributed by atoms with van der Waals surface area (Å²) in [4.78, 5) is 15.6. The van der Waals surface area contributed by atoms with Gasteiger partial charge in [0.1, 0.15) is 12.0 Å². The lowest BCUT2D eigenvalue weighted by atomic mass is 10.1. The average Bonchev–Trinajstić information content (AvgIpc) is 2.82. The van der Waals surface area contributed by atoms with Gasteiger partial charge in [-0.3, -0.25) is 4.98 Å². The number of aromatic amines is 1. The lowest BCUT2D eigenvalue weighted by molar-refractivity contribution is 1.08. The van der Waals surface area contributed by atoms with Crippen molar-refractivity contribution in [3.8, 4) is 11.3 Å². The lowest BCUT2D eigenvalue weighted by Gasteiger charge is -2.03. The molecule has 5 nitrogen and oxygen atoms in total.